The molecule has 1 amide bonds. The van der Waals surface area contributed by atoms with Gasteiger partial charge in [0.15, 0.2) is 0 Å². The highest BCUT2D eigenvalue weighted by Gasteiger charge is 2.33. The average Bonchev–Trinajstić information content (AvgIpc) is 2.87. The molecular formula is C17H16FNO4S. The number of halogens is 1. The van der Waals surface area contributed by atoms with Crippen LogP contribution in [0.3, 0.4) is 0 Å². The van der Waals surface area contributed by atoms with Gasteiger partial charge in [-0.1, -0.05) is 18.2 Å². The first kappa shape index (κ1) is 16.4. The van der Waals surface area contributed by atoms with E-state index in [-0.39, 0.29) is 18.9 Å². The van der Waals surface area contributed by atoms with Crippen molar-refractivity contribution < 1.29 is 21.8 Å². The van der Waals surface area contributed by atoms with Gasteiger partial charge in [-0.05, 0) is 36.4 Å². The van der Waals surface area contributed by atoms with Crippen molar-refractivity contribution in [2.75, 3.05) is 17.2 Å². The number of benzene rings is 2. The smallest absolute Gasteiger partial charge is 0.302 e. The predicted molar refractivity (Wildman–Crippen MR) is 88.3 cm³/mol. The van der Waals surface area contributed by atoms with Gasteiger partial charge >= 0.3 is 10.2 Å². The molecule has 0 aromatic heterocycles. The fourth-order valence-corrected chi connectivity index (χ4v) is 3.53. The zero-order chi connectivity index (χ0) is 17.2. The molecule has 5 nitrogen and oxygen atoms in total. The molecule has 0 saturated carbocycles. The topological polar surface area (TPSA) is 63.7 Å². The Morgan fingerprint density at radius 1 is 1.04 bits per heavy atom. The molecule has 1 heterocycles. The number of nitrogens with zero attached hydrogens (tertiary/aromatic N) is 1. The molecule has 2 aromatic rings. The summed E-state index contributed by atoms with van der Waals surface area (Å²) in [6.07, 6.45) is 0.0332. The number of carbonyl (C=O) groups is 1. The van der Waals surface area contributed by atoms with E-state index in [1.54, 1.807) is 24.3 Å². The summed E-state index contributed by atoms with van der Waals surface area (Å²) in [7, 11) is -4.58. The summed E-state index contributed by atoms with van der Waals surface area (Å²) in [6.45, 7) is 0.195. The van der Waals surface area contributed by atoms with Gasteiger partial charge < -0.3 is 9.64 Å². The summed E-state index contributed by atoms with van der Waals surface area (Å²) in [6, 6.07) is 16.2. The number of hydrogen-bond donors (Lipinski definition) is 0. The molecule has 126 valence electrons. The maximum atomic E-state index is 12.8. The van der Waals surface area contributed by atoms with Crippen molar-refractivity contribution in [3.05, 3.63) is 54.6 Å². The standard InChI is InChI=1S/C17H16FNO4S/c18-24(21,22)12-13-10-17(20)19(11-13)14-6-8-16(9-7-14)23-15-4-2-1-3-5-15/h1-9,13H,10-12H2. The molecule has 0 N–H and O–H groups in total. The van der Waals surface area contributed by atoms with Crippen LogP contribution in [0.2, 0.25) is 0 Å². The Labute approximate surface area is 139 Å². The third-order valence-corrected chi connectivity index (χ3v) is 4.64. The molecule has 1 unspecified atom stereocenters. The maximum Gasteiger partial charge on any atom is 0.302 e. The summed E-state index contributed by atoms with van der Waals surface area (Å²) in [5.74, 6) is -0.0203. The van der Waals surface area contributed by atoms with Gasteiger partial charge in [0.05, 0.1) is 5.75 Å². The lowest BCUT2D eigenvalue weighted by Crippen LogP contribution is -2.25. The maximum absolute atomic E-state index is 12.8. The highest BCUT2D eigenvalue weighted by molar-refractivity contribution is 7.86. The predicted octanol–water partition coefficient (Wildman–Crippen LogP) is 3.13. The van der Waals surface area contributed by atoms with Crippen LogP contribution in [0, 0.1) is 5.92 Å². The number of para-hydroxylation sites is 1. The zero-order valence-corrected chi connectivity index (χ0v) is 13.6. The number of anilines is 1. The van der Waals surface area contributed by atoms with Crippen LogP contribution >= 0.6 is 0 Å². The second-order valence-corrected chi connectivity index (χ2v) is 7.10. The molecular weight excluding hydrogens is 333 g/mol. The van der Waals surface area contributed by atoms with E-state index in [1.807, 2.05) is 30.3 Å². The number of ether oxygens (including phenoxy) is 1. The van der Waals surface area contributed by atoms with Crippen molar-refractivity contribution in [3.8, 4) is 11.5 Å². The minimum atomic E-state index is -4.58. The van der Waals surface area contributed by atoms with Crippen molar-refractivity contribution in [2.45, 2.75) is 6.42 Å². The normalized spacial score (nSPS) is 18.0. The van der Waals surface area contributed by atoms with Crippen LogP contribution in [0.4, 0.5) is 9.57 Å². The lowest BCUT2D eigenvalue weighted by molar-refractivity contribution is -0.117. The molecule has 2 aromatic carbocycles. The molecule has 0 bridgehead atoms. The molecule has 1 atom stereocenters. The van der Waals surface area contributed by atoms with E-state index in [4.69, 9.17) is 4.74 Å². The third kappa shape index (κ3) is 4.11. The van der Waals surface area contributed by atoms with E-state index >= 15 is 0 Å². The van der Waals surface area contributed by atoms with E-state index in [1.165, 1.54) is 4.90 Å². The van der Waals surface area contributed by atoms with Gasteiger partial charge in [0.2, 0.25) is 5.91 Å². The van der Waals surface area contributed by atoms with Crippen molar-refractivity contribution in [1.29, 1.82) is 0 Å². The van der Waals surface area contributed by atoms with Gasteiger partial charge in [-0.2, -0.15) is 8.42 Å². The summed E-state index contributed by atoms with van der Waals surface area (Å²) < 4.78 is 39.9. The van der Waals surface area contributed by atoms with Crippen LogP contribution in [0.25, 0.3) is 0 Å². The van der Waals surface area contributed by atoms with E-state index in [0.29, 0.717) is 17.2 Å². The molecule has 1 saturated heterocycles. The van der Waals surface area contributed by atoms with Crippen LogP contribution in [-0.4, -0.2) is 26.6 Å². The zero-order valence-electron chi connectivity index (χ0n) is 12.8. The Morgan fingerprint density at radius 2 is 1.67 bits per heavy atom. The molecule has 0 spiro atoms. The van der Waals surface area contributed by atoms with Gasteiger partial charge in [0.1, 0.15) is 11.5 Å². The van der Waals surface area contributed by atoms with Gasteiger partial charge in [-0.3, -0.25) is 4.79 Å². The van der Waals surface area contributed by atoms with Gasteiger partial charge in [-0.25, -0.2) is 0 Å². The van der Waals surface area contributed by atoms with Crippen LogP contribution in [0.5, 0.6) is 11.5 Å². The quantitative estimate of drug-likeness (QED) is 0.778. The fraction of sp³-hybridized carbons (Fsp3) is 0.235. The number of amides is 1. The van der Waals surface area contributed by atoms with E-state index < -0.39 is 21.9 Å². The first-order valence-corrected chi connectivity index (χ1v) is 9.02. The lowest BCUT2D eigenvalue weighted by atomic mass is 10.1. The average molecular weight is 349 g/mol. The van der Waals surface area contributed by atoms with Crippen LogP contribution < -0.4 is 9.64 Å². The second kappa shape index (κ2) is 6.60. The SMILES string of the molecule is O=C1CC(CS(=O)(=O)F)CN1c1ccc(Oc2ccccc2)cc1. The third-order valence-electron chi connectivity index (χ3n) is 3.77. The fourth-order valence-electron chi connectivity index (χ4n) is 2.74. The minimum Gasteiger partial charge on any atom is -0.457 e. The van der Waals surface area contributed by atoms with Crippen LogP contribution in [0.1, 0.15) is 6.42 Å². The molecule has 1 fully saturated rings. The molecule has 0 radical (unpaired) electrons. The van der Waals surface area contributed by atoms with Crippen molar-refractivity contribution in [1.82, 2.24) is 0 Å². The molecule has 1 aliphatic heterocycles. The van der Waals surface area contributed by atoms with Crippen LogP contribution in [-0.2, 0) is 15.0 Å². The van der Waals surface area contributed by atoms with E-state index in [9.17, 15) is 17.1 Å². The molecule has 1 aliphatic rings. The Hall–Kier alpha value is -2.41. The van der Waals surface area contributed by atoms with Gasteiger partial charge in [0.25, 0.3) is 0 Å². The van der Waals surface area contributed by atoms with Crippen molar-refractivity contribution in [2.24, 2.45) is 5.92 Å². The van der Waals surface area contributed by atoms with Gasteiger partial charge in [-0.15, -0.1) is 3.89 Å². The first-order valence-electron chi connectivity index (χ1n) is 7.46. The molecule has 7 heteroatoms. The first-order chi connectivity index (χ1) is 11.4. The Bertz CT molecular complexity index is 821. The highest BCUT2D eigenvalue weighted by Crippen LogP contribution is 2.29. The van der Waals surface area contributed by atoms with Crippen molar-refractivity contribution in [3.63, 3.8) is 0 Å². The minimum absolute atomic E-state index is 0.0332. The number of hydrogen-bond acceptors (Lipinski definition) is 4. The second-order valence-electron chi connectivity index (χ2n) is 5.69. The Morgan fingerprint density at radius 3 is 2.29 bits per heavy atom. The summed E-state index contributed by atoms with van der Waals surface area (Å²) in [5.41, 5.74) is 0.638. The van der Waals surface area contributed by atoms with Gasteiger partial charge in [0, 0.05) is 24.6 Å². The largest absolute Gasteiger partial charge is 0.457 e. The molecule has 24 heavy (non-hydrogen) atoms. The Balaban J connectivity index is 1.68. The number of carbonyl (C=O) groups excluding carboxylic acids is 1. The lowest BCUT2D eigenvalue weighted by Gasteiger charge is -2.17. The van der Waals surface area contributed by atoms with Crippen LogP contribution in [0.15, 0.2) is 54.6 Å². The summed E-state index contributed by atoms with van der Waals surface area (Å²) in [5, 5.41) is 0. The Kier molecular flexibility index (Phi) is 4.53. The number of rotatable bonds is 5. The monoisotopic (exact) mass is 349 g/mol. The summed E-state index contributed by atoms with van der Waals surface area (Å²) in [4.78, 5) is 13.5. The van der Waals surface area contributed by atoms with E-state index in [0.717, 1.165) is 0 Å². The summed E-state index contributed by atoms with van der Waals surface area (Å²) >= 11 is 0. The molecule has 3 rings (SSSR count). The van der Waals surface area contributed by atoms with Crippen molar-refractivity contribution >= 4 is 21.8 Å². The molecule has 0 aliphatic carbocycles. The highest BCUT2D eigenvalue weighted by atomic mass is 32.3. The van der Waals surface area contributed by atoms with E-state index in [2.05, 4.69) is 0 Å².